The van der Waals surface area contributed by atoms with Gasteiger partial charge < -0.3 is 5.32 Å². The minimum absolute atomic E-state index is 0.0678. The average Bonchev–Trinajstić information content (AvgIpc) is 3.03. The molecule has 0 bridgehead atoms. The summed E-state index contributed by atoms with van der Waals surface area (Å²) < 4.78 is 0. The Bertz CT molecular complexity index is 772. The molecule has 0 aromatic heterocycles. The van der Waals surface area contributed by atoms with Crippen LogP contribution in [-0.2, 0) is 11.3 Å². The SMILES string of the molecule is CN(CC(=O)NC1(C#N)CCCC1)Cc1ccc2ccccc2c1. The third-order valence-electron chi connectivity index (χ3n) is 4.73. The summed E-state index contributed by atoms with van der Waals surface area (Å²) in [5, 5.41) is 14.7. The number of hydrogen-bond acceptors (Lipinski definition) is 3. The van der Waals surface area contributed by atoms with Crippen molar-refractivity contribution in [3.63, 3.8) is 0 Å². The molecule has 1 amide bonds. The van der Waals surface area contributed by atoms with E-state index in [4.69, 9.17) is 0 Å². The Balaban J connectivity index is 1.59. The predicted molar refractivity (Wildman–Crippen MR) is 95.2 cm³/mol. The van der Waals surface area contributed by atoms with E-state index < -0.39 is 5.54 Å². The van der Waals surface area contributed by atoms with Crippen molar-refractivity contribution in [2.24, 2.45) is 0 Å². The number of hydrogen-bond donors (Lipinski definition) is 1. The first kappa shape index (κ1) is 16.5. The van der Waals surface area contributed by atoms with Gasteiger partial charge in [-0.25, -0.2) is 0 Å². The standard InChI is InChI=1S/C20H23N3O/c1-23(14-19(24)22-20(15-21)10-4-5-11-20)13-16-8-9-17-6-2-3-7-18(17)12-16/h2-3,6-9,12H,4-5,10-11,13-14H2,1H3,(H,22,24). The first-order valence-corrected chi connectivity index (χ1v) is 8.49. The summed E-state index contributed by atoms with van der Waals surface area (Å²) in [5.74, 6) is -0.0678. The predicted octanol–water partition coefficient (Wildman–Crippen LogP) is 3.22. The molecule has 1 aliphatic rings. The van der Waals surface area contributed by atoms with Crippen LogP contribution in [0.3, 0.4) is 0 Å². The number of carbonyl (C=O) groups excluding carboxylic acids is 1. The molecule has 0 unspecified atom stereocenters. The fourth-order valence-electron chi connectivity index (χ4n) is 3.50. The minimum atomic E-state index is -0.638. The number of nitrogens with one attached hydrogen (secondary N) is 1. The van der Waals surface area contributed by atoms with E-state index in [0.717, 1.165) is 25.7 Å². The van der Waals surface area contributed by atoms with E-state index >= 15 is 0 Å². The minimum Gasteiger partial charge on any atom is -0.337 e. The van der Waals surface area contributed by atoms with Gasteiger partial charge in [0.1, 0.15) is 5.54 Å². The lowest BCUT2D eigenvalue weighted by atomic mass is 10.00. The molecule has 1 saturated carbocycles. The van der Waals surface area contributed by atoms with E-state index in [1.807, 2.05) is 24.1 Å². The van der Waals surface area contributed by atoms with Gasteiger partial charge in [-0.1, -0.05) is 36.4 Å². The number of nitriles is 1. The van der Waals surface area contributed by atoms with Gasteiger partial charge in [-0.05, 0) is 55.1 Å². The molecule has 1 N–H and O–H groups in total. The van der Waals surface area contributed by atoms with Crippen molar-refractivity contribution in [3.8, 4) is 6.07 Å². The van der Waals surface area contributed by atoms with Crippen molar-refractivity contribution in [1.29, 1.82) is 5.26 Å². The lowest BCUT2D eigenvalue weighted by molar-refractivity contribution is -0.123. The lowest BCUT2D eigenvalue weighted by Gasteiger charge is -2.24. The maximum absolute atomic E-state index is 12.3. The molecule has 0 atom stereocenters. The molecule has 0 aliphatic heterocycles. The summed E-state index contributed by atoms with van der Waals surface area (Å²) in [5.41, 5.74) is 0.542. The highest BCUT2D eigenvalue weighted by Crippen LogP contribution is 2.28. The zero-order valence-electron chi connectivity index (χ0n) is 14.1. The second-order valence-corrected chi connectivity index (χ2v) is 6.80. The Labute approximate surface area is 143 Å². The molecule has 2 aromatic carbocycles. The summed E-state index contributed by atoms with van der Waals surface area (Å²) in [6, 6.07) is 16.9. The molecule has 0 saturated heterocycles. The third kappa shape index (κ3) is 3.74. The highest BCUT2D eigenvalue weighted by molar-refractivity contribution is 5.83. The molecule has 1 aliphatic carbocycles. The number of fused-ring (bicyclic) bond motifs is 1. The van der Waals surface area contributed by atoms with Crippen LogP contribution < -0.4 is 5.32 Å². The Morgan fingerprint density at radius 3 is 2.62 bits per heavy atom. The number of amides is 1. The molecule has 1 fully saturated rings. The van der Waals surface area contributed by atoms with Crippen molar-refractivity contribution in [3.05, 3.63) is 48.0 Å². The fraction of sp³-hybridized carbons (Fsp3) is 0.400. The van der Waals surface area contributed by atoms with E-state index in [1.54, 1.807) is 0 Å². The van der Waals surface area contributed by atoms with Crippen molar-refractivity contribution < 1.29 is 4.79 Å². The molecule has 24 heavy (non-hydrogen) atoms. The second kappa shape index (κ2) is 7.02. The molecular formula is C20H23N3O. The van der Waals surface area contributed by atoms with Crippen molar-refractivity contribution in [1.82, 2.24) is 10.2 Å². The summed E-state index contributed by atoms with van der Waals surface area (Å²) in [7, 11) is 1.93. The average molecular weight is 321 g/mol. The van der Waals surface area contributed by atoms with Crippen LogP contribution in [0.5, 0.6) is 0 Å². The Morgan fingerprint density at radius 1 is 1.21 bits per heavy atom. The molecular weight excluding hydrogens is 298 g/mol. The summed E-state index contributed by atoms with van der Waals surface area (Å²) in [4.78, 5) is 14.3. The molecule has 2 aromatic rings. The van der Waals surface area contributed by atoms with Crippen molar-refractivity contribution in [2.75, 3.05) is 13.6 Å². The van der Waals surface area contributed by atoms with Crippen LogP contribution in [0.15, 0.2) is 42.5 Å². The maximum atomic E-state index is 12.3. The second-order valence-electron chi connectivity index (χ2n) is 6.80. The van der Waals surface area contributed by atoms with Crippen LogP contribution in [0.4, 0.5) is 0 Å². The zero-order valence-corrected chi connectivity index (χ0v) is 14.1. The molecule has 3 rings (SSSR count). The quantitative estimate of drug-likeness (QED) is 0.920. The lowest BCUT2D eigenvalue weighted by Crippen LogP contribution is -2.48. The number of likely N-dealkylation sites (N-methyl/N-ethyl adjacent to an activating group) is 1. The van der Waals surface area contributed by atoms with Gasteiger partial charge in [0, 0.05) is 6.54 Å². The molecule has 0 radical (unpaired) electrons. The van der Waals surface area contributed by atoms with Crippen molar-refractivity contribution in [2.45, 2.75) is 37.8 Å². The third-order valence-corrected chi connectivity index (χ3v) is 4.73. The largest absolute Gasteiger partial charge is 0.337 e. The first-order valence-electron chi connectivity index (χ1n) is 8.49. The van der Waals surface area contributed by atoms with E-state index in [0.29, 0.717) is 13.1 Å². The van der Waals surface area contributed by atoms with E-state index in [2.05, 4.69) is 41.7 Å². The van der Waals surface area contributed by atoms with Crippen LogP contribution >= 0.6 is 0 Å². The summed E-state index contributed by atoms with van der Waals surface area (Å²) in [6.45, 7) is 1.01. The van der Waals surface area contributed by atoms with Crippen LogP contribution in [0.2, 0.25) is 0 Å². The van der Waals surface area contributed by atoms with Crippen LogP contribution in [0.1, 0.15) is 31.2 Å². The van der Waals surface area contributed by atoms with Gasteiger partial charge in [0.25, 0.3) is 0 Å². The topological polar surface area (TPSA) is 56.1 Å². The van der Waals surface area contributed by atoms with Gasteiger partial charge in [0.2, 0.25) is 5.91 Å². The summed E-state index contributed by atoms with van der Waals surface area (Å²) in [6.07, 6.45) is 3.56. The van der Waals surface area contributed by atoms with Gasteiger partial charge in [0.15, 0.2) is 0 Å². The van der Waals surface area contributed by atoms with E-state index in [1.165, 1.54) is 16.3 Å². The molecule has 4 heteroatoms. The fourth-order valence-corrected chi connectivity index (χ4v) is 3.50. The number of carbonyl (C=O) groups is 1. The van der Waals surface area contributed by atoms with E-state index in [9.17, 15) is 10.1 Å². The molecule has 0 heterocycles. The van der Waals surface area contributed by atoms with Gasteiger partial charge >= 0.3 is 0 Å². The van der Waals surface area contributed by atoms with E-state index in [-0.39, 0.29) is 5.91 Å². The summed E-state index contributed by atoms with van der Waals surface area (Å²) >= 11 is 0. The smallest absolute Gasteiger partial charge is 0.235 e. The molecule has 0 spiro atoms. The van der Waals surface area contributed by atoms with Gasteiger partial charge in [-0.2, -0.15) is 5.26 Å². The highest BCUT2D eigenvalue weighted by Gasteiger charge is 2.35. The van der Waals surface area contributed by atoms with Crippen molar-refractivity contribution >= 4 is 16.7 Å². The highest BCUT2D eigenvalue weighted by atomic mass is 16.2. The normalized spacial score (nSPS) is 16.2. The monoisotopic (exact) mass is 321 g/mol. The van der Waals surface area contributed by atoms with Crippen LogP contribution in [0.25, 0.3) is 10.8 Å². The molecule has 124 valence electrons. The maximum Gasteiger partial charge on any atom is 0.235 e. The van der Waals surface area contributed by atoms with Gasteiger partial charge in [0.05, 0.1) is 12.6 Å². The molecule has 4 nitrogen and oxygen atoms in total. The van der Waals surface area contributed by atoms with Crippen LogP contribution in [0, 0.1) is 11.3 Å². The number of benzene rings is 2. The Morgan fingerprint density at radius 2 is 1.92 bits per heavy atom. The zero-order chi connectivity index (χ0) is 17.0. The Hall–Kier alpha value is -2.38. The van der Waals surface area contributed by atoms with Crippen LogP contribution in [-0.4, -0.2) is 29.9 Å². The number of rotatable bonds is 5. The van der Waals surface area contributed by atoms with Gasteiger partial charge in [-0.15, -0.1) is 0 Å². The Kier molecular flexibility index (Phi) is 4.82. The van der Waals surface area contributed by atoms with Gasteiger partial charge in [-0.3, -0.25) is 9.69 Å². The first-order chi connectivity index (χ1) is 11.6. The number of nitrogens with zero attached hydrogens (tertiary/aromatic N) is 2.